The Bertz CT molecular complexity index is 551. The van der Waals surface area contributed by atoms with Crippen LogP contribution in [0.1, 0.15) is 16.9 Å². The maximum absolute atomic E-state index is 8.84. The summed E-state index contributed by atoms with van der Waals surface area (Å²) in [5, 5.41) is 8.84. The van der Waals surface area contributed by atoms with Crippen LogP contribution in [0.3, 0.4) is 0 Å². The molecule has 0 aliphatic heterocycles. The highest BCUT2D eigenvalue weighted by Crippen LogP contribution is 2.31. The molecule has 0 bridgehead atoms. The molecule has 0 fully saturated rings. The summed E-state index contributed by atoms with van der Waals surface area (Å²) in [6.07, 6.45) is 1.69. The van der Waals surface area contributed by atoms with Crippen LogP contribution >= 0.6 is 11.8 Å². The Balaban J connectivity index is 2.27. The van der Waals surface area contributed by atoms with Crippen molar-refractivity contribution in [1.82, 2.24) is 0 Å². The van der Waals surface area contributed by atoms with Crippen LogP contribution in [0.4, 0.5) is 0 Å². The van der Waals surface area contributed by atoms with E-state index in [0.717, 1.165) is 26.7 Å². The van der Waals surface area contributed by atoms with Gasteiger partial charge in [0.15, 0.2) is 0 Å². The fourth-order valence-corrected chi connectivity index (χ4v) is 2.37. The summed E-state index contributed by atoms with van der Waals surface area (Å²) in [5.74, 6) is 0.923. The molecular weight excluding hydrogens is 218 g/mol. The zero-order valence-corrected chi connectivity index (χ0v) is 9.97. The smallest absolute Gasteiger partial charge is 0.114 e. The van der Waals surface area contributed by atoms with Crippen molar-refractivity contribution in [3.8, 4) is 6.07 Å². The summed E-state index contributed by atoms with van der Waals surface area (Å²) >= 11 is 1.65. The van der Waals surface area contributed by atoms with Crippen LogP contribution in [0.2, 0.25) is 0 Å². The lowest BCUT2D eigenvalue weighted by atomic mass is 10.1. The first-order chi connectivity index (χ1) is 7.70. The summed E-state index contributed by atoms with van der Waals surface area (Å²) in [4.78, 5) is 2.24. The SMILES string of the molecule is Cc1cc(Sc2ccoc2C)ccc1C#N. The number of benzene rings is 1. The monoisotopic (exact) mass is 229 g/mol. The molecule has 0 saturated carbocycles. The molecule has 1 aromatic carbocycles. The predicted molar refractivity (Wildman–Crippen MR) is 63.5 cm³/mol. The third-order valence-electron chi connectivity index (χ3n) is 2.36. The molecule has 0 unspecified atom stereocenters. The molecule has 2 rings (SSSR count). The van der Waals surface area contributed by atoms with Crippen molar-refractivity contribution < 1.29 is 4.42 Å². The van der Waals surface area contributed by atoms with Gasteiger partial charge in [0.2, 0.25) is 0 Å². The van der Waals surface area contributed by atoms with E-state index < -0.39 is 0 Å². The minimum Gasteiger partial charge on any atom is -0.468 e. The Hall–Kier alpha value is -1.66. The molecule has 0 atom stereocenters. The quantitative estimate of drug-likeness (QED) is 0.783. The summed E-state index contributed by atoms with van der Waals surface area (Å²) in [7, 11) is 0. The Labute approximate surface area is 98.9 Å². The van der Waals surface area contributed by atoms with Crippen molar-refractivity contribution in [2.24, 2.45) is 0 Å². The Morgan fingerprint density at radius 2 is 2.06 bits per heavy atom. The molecule has 0 amide bonds. The number of hydrogen-bond donors (Lipinski definition) is 0. The van der Waals surface area contributed by atoms with Crippen molar-refractivity contribution >= 4 is 11.8 Å². The van der Waals surface area contributed by atoms with Crippen LogP contribution in [-0.2, 0) is 0 Å². The second kappa shape index (κ2) is 4.46. The van der Waals surface area contributed by atoms with Gasteiger partial charge in [-0.3, -0.25) is 0 Å². The lowest BCUT2D eigenvalue weighted by Crippen LogP contribution is -1.82. The zero-order valence-electron chi connectivity index (χ0n) is 9.15. The fourth-order valence-electron chi connectivity index (χ4n) is 1.43. The van der Waals surface area contributed by atoms with E-state index in [1.807, 2.05) is 38.1 Å². The Kier molecular flexibility index (Phi) is 3.02. The summed E-state index contributed by atoms with van der Waals surface area (Å²) in [6, 6.07) is 9.96. The van der Waals surface area contributed by atoms with Gasteiger partial charge in [0.1, 0.15) is 5.76 Å². The molecule has 80 valence electrons. The molecule has 1 heterocycles. The van der Waals surface area contributed by atoms with Gasteiger partial charge in [-0.1, -0.05) is 11.8 Å². The highest BCUT2D eigenvalue weighted by Gasteiger charge is 2.05. The standard InChI is InChI=1S/C13H11NOS/c1-9-7-12(4-3-11(9)8-14)16-13-5-6-15-10(13)2/h3-7H,1-2H3. The fraction of sp³-hybridized carbons (Fsp3) is 0.154. The largest absolute Gasteiger partial charge is 0.468 e. The lowest BCUT2D eigenvalue weighted by Gasteiger charge is -2.02. The summed E-state index contributed by atoms with van der Waals surface area (Å²) < 4.78 is 5.24. The number of nitriles is 1. The average molecular weight is 229 g/mol. The van der Waals surface area contributed by atoms with Gasteiger partial charge in [-0.05, 0) is 43.7 Å². The van der Waals surface area contributed by atoms with Crippen molar-refractivity contribution in [1.29, 1.82) is 5.26 Å². The number of furan rings is 1. The van der Waals surface area contributed by atoms with Crippen LogP contribution < -0.4 is 0 Å². The van der Waals surface area contributed by atoms with E-state index in [1.54, 1.807) is 18.0 Å². The van der Waals surface area contributed by atoms with E-state index in [-0.39, 0.29) is 0 Å². The summed E-state index contributed by atoms with van der Waals surface area (Å²) in [6.45, 7) is 3.89. The Morgan fingerprint density at radius 3 is 2.62 bits per heavy atom. The molecule has 3 heteroatoms. The van der Waals surface area contributed by atoms with Gasteiger partial charge < -0.3 is 4.42 Å². The second-order valence-electron chi connectivity index (χ2n) is 3.53. The van der Waals surface area contributed by atoms with Gasteiger partial charge >= 0.3 is 0 Å². The van der Waals surface area contributed by atoms with Gasteiger partial charge in [0.05, 0.1) is 22.8 Å². The van der Waals surface area contributed by atoms with E-state index in [4.69, 9.17) is 9.68 Å². The van der Waals surface area contributed by atoms with Crippen molar-refractivity contribution in [3.05, 3.63) is 47.4 Å². The molecule has 2 nitrogen and oxygen atoms in total. The third kappa shape index (κ3) is 2.12. The van der Waals surface area contributed by atoms with E-state index in [9.17, 15) is 0 Å². The molecule has 0 N–H and O–H groups in total. The van der Waals surface area contributed by atoms with Gasteiger partial charge in [0, 0.05) is 4.90 Å². The minimum atomic E-state index is 0.730. The van der Waals surface area contributed by atoms with Crippen LogP contribution in [0.25, 0.3) is 0 Å². The van der Waals surface area contributed by atoms with E-state index in [0.29, 0.717) is 0 Å². The first kappa shape index (κ1) is 10.8. The van der Waals surface area contributed by atoms with Gasteiger partial charge in [0.25, 0.3) is 0 Å². The van der Waals surface area contributed by atoms with Crippen molar-refractivity contribution in [3.63, 3.8) is 0 Å². The van der Waals surface area contributed by atoms with Crippen LogP contribution in [0.5, 0.6) is 0 Å². The molecule has 2 aromatic rings. The van der Waals surface area contributed by atoms with Gasteiger partial charge in [-0.15, -0.1) is 0 Å². The maximum Gasteiger partial charge on any atom is 0.114 e. The second-order valence-corrected chi connectivity index (χ2v) is 4.65. The molecular formula is C13H11NOS. The van der Waals surface area contributed by atoms with Crippen molar-refractivity contribution in [2.75, 3.05) is 0 Å². The van der Waals surface area contributed by atoms with Crippen LogP contribution in [0.15, 0.2) is 44.7 Å². The zero-order chi connectivity index (χ0) is 11.5. The van der Waals surface area contributed by atoms with Gasteiger partial charge in [-0.25, -0.2) is 0 Å². The first-order valence-corrected chi connectivity index (χ1v) is 5.75. The molecule has 0 aliphatic carbocycles. The van der Waals surface area contributed by atoms with Gasteiger partial charge in [-0.2, -0.15) is 5.26 Å². The van der Waals surface area contributed by atoms with E-state index in [2.05, 4.69) is 6.07 Å². The van der Waals surface area contributed by atoms with Crippen LogP contribution in [-0.4, -0.2) is 0 Å². The molecule has 0 radical (unpaired) electrons. The number of rotatable bonds is 2. The highest BCUT2D eigenvalue weighted by molar-refractivity contribution is 7.99. The predicted octanol–water partition coefficient (Wildman–Crippen LogP) is 3.92. The number of aryl methyl sites for hydroxylation is 2. The highest BCUT2D eigenvalue weighted by atomic mass is 32.2. The normalized spacial score (nSPS) is 10.1. The molecule has 0 spiro atoms. The average Bonchev–Trinajstić information content (AvgIpc) is 2.65. The minimum absolute atomic E-state index is 0.730. The molecule has 0 aliphatic rings. The molecule has 1 aromatic heterocycles. The van der Waals surface area contributed by atoms with Crippen molar-refractivity contribution in [2.45, 2.75) is 23.6 Å². The summed E-state index contributed by atoms with van der Waals surface area (Å²) in [5.41, 5.74) is 1.74. The lowest BCUT2D eigenvalue weighted by molar-refractivity contribution is 0.527. The van der Waals surface area contributed by atoms with Crippen LogP contribution in [0, 0.1) is 25.2 Å². The Morgan fingerprint density at radius 1 is 1.25 bits per heavy atom. The first-order valence-electron chi connectivity index (χ1n) is 4.93. The maximum atomic E-state index is 8.84. The van der Waals surface area contributed by atoms with E-state index in [1.165, 1.54) is 0 Å². The molecule has 0 saturated heterocycles. The topological polar surface area (TPSA) is 36.9 Å². The number of hydrogen-bond acceptors (Lipinski definition) is 3. The molecule has 16 heavy (non-hydrogen) atoms. The number of nitrogens with zero attached hydrogens (tertiary/aromatic N) is 1. The van der Waals surface area contributed by atoms with E-state index >= 15 is 0 Å². The third-order valence-corrected chi connectivity index (χ3v) is 3.49.